The fraction of sp³-hybridized carbons (Fsp3) is 0.440. The molecule has 2 fully saturated rings. The Hall–Kier alpha value is -3.22. The van der Waals surface area contributed by atoms with E-state index in [1.165, 1.54) is 5.56 Å². The Labute approximate surface area is 189 Å². The number of methoxy groups -OCH3 is 2. The molecule has 2 aliphatic rings. The molecule has 2 heterocycles. The maximum atomic E-state index is 13.0. The fourth-order valence-corrected chi connectivity index (χ4v) is 4.56. The minimum atomic E-state index is -0.177. The van der Waals surface area contributed by atoms with Crippen molar-refractivity contribution < 1.29 is 19.1 Å². The van der Waals surface area contributed by atoms with Crippen LogP contribution in [0.2, 0.25) is 0 Å². The van der Waals surface area contributed by atoms with Gasteiger partial charge in [0, 0.05) is 32.2 Å². The second-order valence-corrected chi connectivity index (χ2v) is 8.41. The molecule has 32 heavy (non-hydrogen) atoms. The van der Waals surface area contributed by atoms with Gasteiger partial charge in [-0.1, -0.05) is 30.3 Å². The lowest BCUT2D eigenvalue weighted by Gasteiger charge is -2.33. The van der Waals surface area contributed by atoms with Crippen LogP contribution < -0.4 is 14.4 Å². The summed E-state index contributed by atoms with van der Waals surface area (Å²) >= 11 is 0. The van der Waals surface area contributed by atoms with Gasteiger partial charge < -0.3 is 19.3 Å². The molecule has 2 saturated heterocycles. The highest BCUT2D eigenvalue weighted by molar-refractivity contribution is 5.98. The number of ether oxygens (including phenoxy) is 2. The number of amides is 3. The minimum absolute atomic E-state index is 0.0240. The molecule has 0 radical (unpaired) electrons. The SMILES string of the molecule is COc1ccc(OC)c(N2CCN(CC(=O)N3CCC(Cc4ccccc4)CC3)C2=O)c1. The van der Waals surface area contributed by atoms with Crippen molar-refractivity contribution in [2.24, 2.45) is 5.92 Å². The molecular weight excluding hydrogens is 406 g/mol. The standard InChI is InChI=1S/C25H31N3O4/c1-31-21-8-9-23(32-2)22(17-21)28-15-14-27(25(28)30)18-24(29)26-12-10-20(11-13-26)16-19-6-4-3-5-7-19/h3-9,17,20H,10-16,18H2,1-2H3. The van der Waals surface area contributed by atoms with Crippen molar-refractivity contribution in [1.82, 2.24) is 9.80 Å². The molecule has 7 heteroatoms. The van der Waals surface area contributed by atoms with Crippen LogP contribution in [-0.4, -0.2) is 68.7 Å². The number of hydrogen-bond donors (Lipinski definition) is 0. The highest BCUT2D eigenvalue weighted by atomic mass is 16.5. The van der Waals surface area contributed by atoms with E-state index in [4.69, 9.17) is 9.47 Å². The van der Waals surface area contributed by atoms with Gasteiger partial charge in [-0.05, 0) is 42.9 Å². The van der Waals surface area contributed by atoms with Crippen LogP contribution >= 0.6 is 0 Å². The number of anilines is 1. The molecule has 0 spiro atoms. The molecule has 0 N–H and O–H groups in total. The van der Waals surface area contributed by atoms with E-state index in [1.807, 2.05) is 11.0 Å². The van der Waals surface area contributed by atoms with Gasteiger partial charge in [-0.2, -0.15) is 0 Å². The Balaban J connectivity index is 1.32. The van der Waals surface area contributed by atoms with Crippen LogP contribution in [0.3, 0.4) is 0 Å². The van der Waals surface area contributed by atoms with Crippen molar-refractivity contribution in [1.29, 1.82) is 0 Å². The zero-order valence-corrected chi connectivity index (χ0v) is 18.8. The third kappa shape index (κ3) is 4.82. The first-order valence-electron chi connectivity index (χ1n) is 11.2. The van der Waals surface area contributed by atoms with Gasteiger partial charge in [0.25, 0.3) is 0 Å². The van der Waals surface area contributed by atoms with E-state index in [1.54, 1.807) is 42.2 Å². The second kappa shape index (κ2) is 9.94. The highest BCUT2D eigenvalue weighted by Gasteiger charge is 2.34. The molecule has 0 aliphatic carbocycles. The molecule has 2 aromatic rings. The Kier molecular flexibility index (Phi) is 6.83. The molecule has 0 atom stereocenters. The van der Waals surface area contributed by atoms with E-state index in [-0.39, 0.29) is 18.5 Å². The quantitative estimate of drug-likeness (QED) is 0.666. The van der Waals surface area contributed by atoms with Crippen molar-refractivity contribution >= 4 is 17.6 Å². The summed E-state index contributed by atoms with van der Waals surface area (Å²) in [5, 5.41) is 0. The molecule has 170 valence electrons. The molecule has 7 nitrogen and oxygen atoms in total. The summed E-state index contributed by atoms with van der Waals surface area (Å²) in [5.74, 6) is 1.89. The van der Waals surface area contributed by atoms with E-state index in [9.17, 15) is 9.59 Å². The van der Waals surface area contributed by atoms with Crippen molar-refractivity contribution in [3.63, 3.8) is 0 Å². The van der Waals surface area contributed by atoms with E-state index < -0.39 is 0 Å². The van der Waals surface area contributed by atoms with Gasteiger partial charge in [0.15, 0.2) is 0 Å². The average molecular weight is 438 g/mol. The molecule has 2 aromatic carbocycles. The minimum Gasteiger partial charge on any atom is -0.497 e. The van der Waals surface area contributed by atoms with Crippen molar-refractivity contribution in [3.8, 4) is 11.5 Å². The first kappa shape index (κ1) is 22.0. The number of piperidine rings is 1. The van der Waals surface area contributed by atoms with Gasteiger partial charge in [-0.3, -0.25) is 9.69 Å². The van der Waals surface area contributed by atoms with Crippen molar-refractivity contribution in [3.05, 3.63) is 54.1 Å². The molecule has 0 aromatic heterocycles. The molecule has 3 amide bonds. The molecule has 2 aliphatic heterocycles. The molecule has 0 bridgehead atoms. The zero-order chi connectivity index (χ0) is 22.5. The number of nitrogens with zero attached hydrogens (tertiary/aromatic N) is 3. The van der Waals surface area contributed by atoms with Gasteiger partial charge >= 0.3 is 6.03 Å². The van der Waals surface area contributed by atoms with Gasteiger partial charge in [0.1, 0.15) is 18.0 Å². The highest BCUT2D eigenvalue weighted by Crippen LogP contribution is 2.34. The van der Waals surface area contributed by atoms with Crippen LogP contribution in [0.15, 0.2) is 48.5 Å². The largest absolute Gasteiger partial charge is 0.497 e. The smallest absolute Gasteiger partial charge is 0.325 e. The molecular formula is C25H31N3O4. The maximum Gasteiger partial charge on any atom is 0.325 e. The van der Waals surface area contributed by atoms with Gasteiger partial charge in [-0.25, -0.2) is 4.79 Å². The zero-order valence-electron chi connectivity index (χ0n) is 18.8. The molecule has 4 rings (SSSR count). The van der Waals surface area contributed by atoms with E-state index in [0.717, 1.165) is 32.4 Å². The predicted molar refractivity (Wildman–Crippen MR) is 123 cm³/mol. The first-order chi connectivity index (χ1) is 15.6. The Morgan fingerprint density at radius 1 is 0.969 bits per heavy atom. The van der Waals surface area contributed by atoms with Crippen LogP contribution in [0, 0.1) is 5.92 Å². The third-order valence-corrected chi connectivity index (χ3v) is 6.43. The summed E-state index contributed by atoms with van der Waals surface area (Å²) in [6, 6.07) is 15.7. The first-order valence-corrected chi connectivity index (χ1v) is 11.2. The van der Waals surface area contributed by atoms with E-state index >= 15 is 0 Å². The number of likely N-dealkylation sites (tertiary alicyclic amines) is 1. The van der Waals surface area contributed by atoms with Crippen LogP contribution in [0.1, 0.15) is 18.4 Å². The lowest BCUT2D eigenvalue weighted by molar-refractivity contribution is -0.133. The van der Waals surface area contributed by atoms with Crippen LogP contribution in [-0.2, 0) is 11.2 Å². The summed E-state index contributed by atoms with van der Waals surface area (Å²) in [4.78, 5) is 31.1. The Morgan fingerprint density at radius 3 is 2.41 bits per heavy atom. The maximum absolute atomic E-state index is 13.0. The topological polar surface area (TPSA) is 62.3 Å². The number of carbonyl (C=O) groups excluding carboxylic acids is 2. The van der Waals surface area contributed by atoms with Crippen molar-refractivity contribution in [2.75, 3.05) is 51.8 Å². The van der Waals surface area contributed by atoms with E-state index in [2.05, 4.69) is 24.3 Å². The van der Waals surface area contributed by atoms with Crippen LogP contribution in [0.25, 0.3) is 0 Å². The average Bonchev–Trinajstić information content (AvgIpc) is 3.19. The normalized spacial score (nSPS) is 17.1. The molecule has 0 saturated carbocycles. The van der Waals surface area contributed by atoms with E-state index in [0.29, 0.717) is 36.2 Å². The van der Waals surface area contributed by atoms with Gasteiger partial charge in [0.05, 0.1) is 19.9 Å². The summed E-state index contributed by atoms with van der Waals surface area (Å²) in [7, 11) is 3.17. The summed E-state index contributed by atoms with van der Waals surface area (Å²) in [6.07, 6.45) is 3.06. The predicted octanol–water partition coefficient (Wildman–Crippen LogP) is 3.43. The number of rotatable bonds is 7. The van der Waals surface area contributed by atoms with Gasteiger partial charge in [0.2, 0.25) is 5.91 Å². The second-order valence-electron chi connectivity index (χ2n) is 8.41. The lowest BCUT2D eigenvalue weighted by atomic mass is 9.90. The molecule has 0 unspecified atom stereocenters. The number of urea groups is 1. The van der Waals surface area contributed by atoms with Crippen LogP contribution in [0.4, 0.5) is 10.5 Å². The number of benzene rings is 2. The fourth-order valence-electron chi connectivity index (χ4n) is 4.56. The Bertz CT molecular complexity index is 941. The summed E-state index contributed by atoms with van der Waals surface area (Å²) < 4.78 is 10.7. The third-order valence-electron chi connectivity index (χ3n) is 6.43. The number of carbonyl (C=O) groups is 2. The summed E-state index contributed by atoms with van der Waals surface area (Å²) in [5.41, 5.74) is 2.02. The monoisotopic (exact) mass is 437 g/mol. The van der Waals surface area contributed by atoms with Crippen molar-refractivity contribution in [2.45, 2.75) is 19.3 Å². The van der Waals surface area contributed by atoms with Crippen LogP contribution in [0.5, 0.6) is 11.5 Å². The lowest BCUT2D eigenvalue weighted by Crippen LogP contribution is -2.45. The van der Waals surface area contributed by atoms with Gasteiger partial charge in [-0.15, -0.1) is 0 Å². The number of hydrogen-bond acceptors (Lipinski definition) is 4. The summed E-state index contributed by atoms with van der Waals surface area (Å²) in [6.45, 7) is 2.65. The Morgan fingerprint density at radius 2 is 1.72 bits per heavy atom.